The highest BCUT2D eigenvalue weighted by Crippen LogP contribution is 2.26. The van der Waals surface area contributed by atoms with E-state index in [0.29, 0.717) is 29.7 Å². The average Bonchev–Trinajstić information content (AvgIpc) is 3.37. The number of aryl methyl sites for hydroxylation is 1. The van der Waals surface area contributed by atoms with E-state index in [4.69, 9.17) is 4.52 Å². The quantitative estimate of drug-likeness (QED) is 0.710. The Morgan fingerprint density at radius 2 is 1.86 bits per heavy atom. The van der Waals surface area contributed by atoms with Gasteiger partial charge in [-0.1, -0.05) is 24.2 Å². The smallest absolute Gasteiger partial charge is 0.276 e. The Morgan fingerprint density at radius 3 is 2.54 bits per heavy atom. The third kappa shape index (κ3) is 3.47. The lowest BCUT2D eigenvalue weighted by molar-refractivity contribution is 0.0784. The molecule has 3 aromatic rings. The van der Waals surface area contributed by atoms with Gasteiger partial charge in [0.15, 0.2) is 11.3 Å². The minimum Gasteiger partial charge on any atom is -0.355 e. The number of fused-ring (bicyclic) bond motifs is 1. The van der Waals surface area contributed by atoms with Crippen LogP contribution in [0.2, 0.25) is 0 Å². The summed E-state index contributed by atoms with van der Waals surface area (Å²) in [4.78, 5) is 14.4. The second-order valence-corrected chi connectivity index (χ2v) is 8.53. The van der Waals surface area contributed by atoms with Crippen LogP contribution in [0.3, 0.4) is 0 Å². The van der Waals surface area contributed by atoms with E-state index in [1.807, 2.05) is 19.1 Å². The zero-order valence-electron chi connectivity index (χ0n) is 15.5. The number of rotatable bonds is 5. The summed E-state index contributed by atoms with van der Waals surface area (Å²) in [6.45, 7) is 3.40. The van der Waals surface area contributed by atoms with Gasteiger partial charge in [0.1, 0.15) is 0 Å². The van der Waals surface area contributed by atoms with E-state index in [2.05, 4.69) is 9.88 Å². The van der Waals surface area contributed by atoms with Crippen LogP contribution >= 0.6 is 0 Å². The first-order chi connectivity index (χ1) is 13.5. The Labute approximate surface area is 163 Å². The molecular weight excluding hydrogens is 378 g/mol. The number of hydrogen-bond acceptors (Lipinski definition) is 5. The summed E-state index contributed by atoms with van der Waals surface area (Å²) in [5.41, 5.74) is 2.14. The van der Waals surface area contributed by atoms with Crippen LogP contribution in [0.1, 0.15) is 35.8 Å². The minimum absolute atomic E-state index is 0.0539. The van der Waals surface area contributed by atoms with E-state index >= 15 is 0 Å². The number of carbonyl (C=O) groups excluding carboxylic acids is 1. The van der Waals surface area contributed by atoms with Crippen molar-refractivity contribution in [2.75, 3.05) is 17.8 Å². The van der Waals surface area contributed by atoms with Crippen LogP contribution in [-0.2, 0) is 16.4 Å². The molecule has 1 aromatic heterocycles. The lowest BCUT2D eigenvalue weighted by atomic mass is 10.2. The molecule has 146 valence electrons. The molecule has 1 N–H and O–H groups in total. The van der Waals surface area contributed by atoms with Crippen LogP contribution in [-0.4, -0.2) is 37.5 Å². The standard InChI is InChI=1S/C20H21N3O4S/c1-2-14-5-7-15(8-6-14)22-28(25,26)16-9-10-18-17(13-16)19(21-27-18)20(24)23-11-3-4-12-23/h5-10,13,22H,2-4,11-12H2,1H3. The number of hydrogen-bond donors (Lipinski definition) is 1. The van der Waals surface area contributed by atoms with Crippen molar-refractivity contribution in [1.29, 1.82) is 0 Å². The van der Waals surface area contributed by atoms with Gasteiger partial charge in [0.05, 0.1) is 10.3 Å². The van der Waals surface area contributed by atoms with Gasteiger partial charge in [0.2, 0.25) is 0 Å². The molecular formula is C20H21N3O4S. The Morgan fingerprint density at radius 1 is 1.14 bits per heavy atom. The molecule has 1 saturated heterocycles. The maximum absolute atomic E-state index is 12.8. The first-order valence-corrected chi connectivity index (χ1v) is 10.8. The maximum Gasteiger partial charge on any atom is 0.276 e. The normalized spacial score (nSPS) is 14.5. The van der Waals surface area contributed by atoms with Crippen molar-refractivity contribution in [3.63, 3.8) is 0 Å². The summed E-state index contributed by atoms with van der Waals surface area (Å²) in [5.74, 6) is -0.228. The molecule has 4 rings (SSSR count). The van der Waals surface area contributed by atoms with Crippen LogP contribution in [0.5, 0.6) is 0 Å². The summed E-state index contributed by atoms with van der Waals surface area (Å²) in [5, 5.41) is 4.29. The number of anilines is 1. The fourth-order valence-corrected chi connectivity index (χ4v) is 4.42. The van der Waals surface area contributed by atoms with E-state index in [1.165, 1.54) is 18.2 Å². The van der Waals surface area contributed by atoms with E-state index in [-0.39, 0.29) is 16.5 Å². The molecule has 2 heterocycles. The molecule has 0 atom stereocenters. The first kappa shape index (κ1) is 18.5. The van der Waals surface area contributed by atoms with Crippen LogP contribution in [0.25, 0.3) is 11.0 Å². The van der Waals surface area contributed by atoms with E-state index < -0.39 is 10.0 Å². The predicted molar refractivity (Wildman–Crippen MR) is 106 cm³/mol. The molecule has 0 unspecified atom stereocenters. The third-order valence-electron chi connectivity index (χ3n) is 4.96. The number of carbonyl (C=O) groups is 1. The highest BCUT2D eigenvalue weighted by atomic mass is 32.2. The van der Waals surface area contributed by atoms with Crippen molar-refractivity contribution in [3.8, 4) is 0 Å². The predicted octanol–water partition coefficient (Wildman–Crippen LogP) is 3.43. The van der Waals surface area contributed by atoms with Crippen molar-refractivity contribution >= 4 is 32.6 Å². The van der Waals surface area contributed by atoms with Gasteiger partial charge in [0, 0.05) is 18.8 Å². The number of amides is 1. The zero-order valence-corrected chi connectivity index (χ0v) is 16.3. The van der Waals surface area contributed by atoms with E-state index in [0.717, 1.165) is 24.8 Å². The van der Waals surface area contributed by atoms with Crippen molar-refractivity contribution < 1.29 is 17.7 Å². The average molecular weight is 399 g/mol. The minimum atomic E-state index is -3.81. The Kier molecular flexibility index (Phi) is 4.80. The third-order valence-corrected chi connectivity index (χ3v) is 6.34. The molecule has 2 aromatic carbocycles. The molecule has 0 spiro atoms. The highest BCUT2D eigenvalue weighted by molar-refractivity contribution is 7.92. The molecule has 1 fully saturated rings. The largest absolute Gasteiger partial charge is 0.355 e. The Hall–Kier alpha value is -2.87. The second kappa shape index (κ2) is 7.27. The van der Waals surface area contributed by atoms with Crippen molar-refractivity contribution in [2.24, 2.45) is 0 Å². The maximum atomic E-state index is 12.8. The number of likely N-dealkylation sites (tertiary alicyclic amines) is 1. The van der Waals surface area contributed by atoms with Gasteiger partial charge in [-0.05, 0) is 55.2 Å². The van der Waals surface area contributed by atoms with Gasteiger partial charge in [-0.25, -0.2) is 8.42 Å². The number of nitrogens with one attached hydrogen (secondary N) is 1. The van der Waals surface area contributed by atoms with Crippen LogP contribution in [0.15, 0.2) is 51.9 Å². The molecule has 1 aliphatic rings. The highest BCUT2D eigenvalue weighted by Gasteiger charge is 2.26. The molecule has 28 heavy (non-hydrogen) atoms. The van der Waals surface area contributed by atoms with Gasteiger partial charge in [0.25, 0.3) is 15.9 Å². The van der Waals surface area contributed by atoms with E-state index in [1.54, 1.807) is 17.0 Å². The molecule has 7 nitrogen and oxygen atoms in total. The van der Waals surface area contributed by atoms with Gasteiger partial charge < -0.3 is 9.42 Å². The van der Waals surface area contributed by atoms with Crippen molar-refractivity contribution in [2.45, 2.75) is 31.1 Å². The van der Waals surface area contributed by atoms with Gasteiger partial charge >= 0.3 is 0 Å². The van der Waals surface area contributed by atoms with Crippen LogP contribution < -0.4 is 4.72 Å². The topological polar surface area (TPSA) is 92.5 Å². The fraction of sp³-hybridized carbons (Fsp3) is 0.300. The number of benzene rings is 2. The van der Waals surface area contributed by atoms with Crippen LogP contribution in [0.4, 0.5) is 5.69 Å². The molecule has 8 heteroatoms. The van der Waals surface area contributed by atoms with Crippen LogP contribution in [0, 0.1) is 0 Å². The number of nitrogens with zero attached hydrogens (tertiary/aromatic N) is 2. The van der Waals surface area contributed by atoms with Gasteiger partial charge in [-0.3, -0.25) is 9.52 Å². The molecule has 0 aliphatic carbocycles. The summed E-state index contributed by atoms with van der Waals surface area (Å²) >= 11 is 0. The Bertz CT molecular complexity index is 1110. The summed E-state index contributed by atoms with van der Waals surface area (Å²) in [6, 6.07) is 11.6. The van der Waals surface area contributed by atoms with Crippen molar-refractivity contribution in [3.05, 3.63) is 53.7 Å². The number of sulfonamides is 1. The summed E-state index contributed by atoms with van der Waals surface area (Å²) in [7, 11) is -3.81. The summed E-state index contributed by atoms with van der Waals surface area (Å²) in [6.07, 6.45) is 2.80. The SMILES string of the molecule is CCc1ccc(NS(=O)(=O)c2ccc3onc(C(=O)N4CCCC4)c3c2)cc1. The zero-order chi connectivity index (χ0) is 19.7. The monoisotopic (exact) mass is 399 g/mol. The number of aromatic nitrogens is 1. The summed E-state index contributed by atoms with van der Waals surface area (Å²) < 4.78 is 33.4. The van der Waals surface area contributed by atoms with Gasteiger partial charge in [-0.15, -0.1) is 0 Å². The first-order valence-electron chi connectivity index (χ1n) is 9.28. The second-order valence-electron chi connectivity index (χ2n) is 6.84. The molecule has 0 saturated carbocycles. The molecule has 0 radical (unpaired) electrons. The fourth-order valence-electron chi connectivity index (χ4n) is 3.33. The Balaban J connectivity index is 1.65. The van der Waals surface area contributed by atoms with Crippen molar-refractivity contribution in [1.82, 2.24) is 10.1 Å². The lowest BCUT2D eigenvalue weighted by Gasteiger charge is -2.13. The molecule has 1 aliphatic heterocycles. The van der Waals surface area contributed by atoms with Gasteiger partial charge in [-0.2, -0.15) is 0 Å². The van der Waals surface area contributed by atoms with E-state index in [9.17, 15) is 13.2 Å². The molecule has 0 bridgehead atoms. The lowest BCUT2D eigenvalue weighted by Crippen LogP contribution is -2.28. The molecule has 1 amide bonds.